The van der Waals surface area contributed by atoms with Crippen molar-refractivity contribution in [3.63, 3.8) is 0 Å². The van der Waals surface area contributed by atoms with Gasteiger partial charge in [-0.25, -0.2) is 0 Å². The largest absolute Gasteiger partial charge is 0.374 e. The molecule has 0 saturated carbocycles. The number of hydrogen-bond donors (Lipinski definition) is 0. The standard InChI is InChI=1S/C20H21ClN2O/c1-22-10-11-24-18(13-22)14-23-19-5-3-2-4-15(19)6-7-16-8-9-17(21)12-20(16)23/h2-9,12,18H,10-11,13-14H2,1H3. The fourth-order valence-corrected chi connectivity index (χ4v) is 3.62. The zero-order valence-corrected chi connectivity index (χ0v) is 14.5. The molecule has 4 rings (SSSR count). The van der Waals surface area contributed by atoms with Gasteiger partial charge >= 0.3 is 0 Å². The van der Waals surface area contributed by atoms with Crippen LogP contribution in [0.15, 0.2) is 42.5 Å². The van der Waals surface area contributed by atoms with Crippen LogP contribution in [0.5, 0.6) is 0 Å². The molecule has 1 fully saturated rings. The Hall–Kier alpha value is -1.81. The van der Waals surface area contributed by atoms with Gasteiger partial charge in [-0.2, -0.15) is 0 Å². The fourth-order valence-electron chi connectivity index (χ4n) is 3.45. The zero-order chi connectivity index (χ0) is 16.5. The van der Waals surface area contributed by atoms with Gasteiger partial charge in [-0.3, -0.25) is 0 Å². The number of anilines is 2. The molecule has 2 aliphatic heterocycles. The minimum atomic E-state index is 0.182. The number of fused-ring (bicyclic) bond motifs is 2. The van der Waals surface area contributed by atoms with E-state index >= 15 is 0 Å². The number of benzene rings is 2. The molecule has 0 spiro atoms. The second-order valence-electron chi connectivity index (χ2n) is 6.46. The van der Waals surface area contributed by atoms with Gasteiger partial charge in [0.25, 0.3) is 0 Å². The molecule has 0 bridgehead atoms. The Morgan fingerprint density at radius 2 is 1.88 bits per heavy atom. The number of morpholine rings is 1. The summed E-state index contributed by atoms with van der Waals surface area (Å²) in [7, 11) is 2.15. The van der Waals surface area contributed by atoms with E-state index < -0.39 is 0 Å². The maximum atomic E-state index is 6.30. The number of halogens is 1. The van der Waals surface area contributed by atoms with E-state index in [1.807, 2.05) is 6.07 Å². The number of likely N-dealkylation sites (N-methyl/N-ethyl adjacent to an activating group) is 1. The quantitative estimate of drug-likeness (QED) is 0.811. The maximum Gasteiger partial charge on any atom is 0.0881 e. The lowest BCUT2D eigenvalue weighted by Gasteiger charge is -2.35. The molecular formula is C20H21ClN2O. The lowest BCUT2D eigenvalue weighted by Crippen LogP contribution is -2.45. The van der Waals surface area contributed by atoms with E-state index in [1.165, 1.54) is 16.8 Å². The predicted molar refractivity (Wildman–Crippen MR) is 101 cm³/mol. The molecular weight excluding hydrogens is 320 g/mol. The van der Waals surface area contributed by atoms with Crippen molar-refractivity contribution in [2.45, 2.75) is 6.10 Å². The van der Waals surface area contributed by atoms with Crippen molar-refractivity contribution in [1.82, 2.24) is 4.90 Å². The first-order chi connectivity index (χ1) is 11.7. The summed E-state index contributed by atoms with van der Waals surface area (Å²) in [4.78, 5) is 4.68. The average Bonchev–Trinajstić information content (AvgIpc) is 2.73. The van der Waals surface area contributed by atoms with Gasteiger partial charge in [-0.05, 0) is 36.4 Å². The molecule has 0 radical (unpaired) electrons. The van der Waals surface area contributed by atoms with Gasteiger partial charge < -0.3 is 14.5 Å². The molecule has 24 heavy (non-hydrogen) atoms. The molecule has 2 aromatic rings. The maximum absolute atomic E-state index is 6.30. The summed E-state index contributed by atoms with van der Waals surface area (Å²) in [6.07, 6.45) is 4.52. The van der Waals surface area contributed by atoms with Gasteiger partial charge in [0.1, 0.15) is 0 Å². The second kappa shape index (κ2) is 6.60. The van der Waals surface area contributed by atoms with E-state index in [0.29, 0.717) is 0 Å². The van der Waals surface area contributed by atoms with Crippen LogP contribution >= 0.6 is 11.6 Å². The summed E-state index contributed by atoms with van der Waals surface area (Å²) in [5.41, 5.74) is 4.74. The monoisotopic (exact) mass is 340 g/mol. The third kappa shape index (κ3) is 3.07. The van der Waals surface area contributed by atoms with Crippen LogP contribution in [0.3, 0.4) is 0 Å². The van der Waals surface area contributed by atoms with Crippen molar-refractivity contribution in [2.24, 2.45) is 0 Å². The van der Waals surface area contributed by atoms with E-state index in [4.69, 9.17) is 16.3 Å². The molecule has 4 heteroatoms. The minimum Gasteiger partial charge on any atom is -0.374 e. The van der Waals surface area contributed by atoms with Gasteiger partial charge in [0, 0.05) is 29.5 Å². The van der Waals surface area contributed by atoms with Crippen molar-refractivity contribution in [2.75, 3.05) is 38.2 Å². The number of hydrogen-bond acceptors (Lipinski definition) is 3. The number of para-hydroxylation sites is 1. The molecule has 124 valence electrons. The Bertz CT molecular complexity index is 774. The van der Waals surface area contributed by atoms with Gasteiger partial charge in [0.2, 0.25) is 0 Å². The van der Waals surface area contributed by atoms with E-state index in [1.54, 1.807) is 0 Å². The first kappa shape index (κ1) is 15.7. The summed E-state index contributed by atoms with van der Waals surface area (Å²) in [5.74, 6) is 0. The van der Waals surface area contributed by atoms with E-state index in [-0.39, 0.29) is 6.10 Å². The second-order valence-corrected chi connectivity index (χ2v) is 6.90. The van der Waals surface area contributed by atoms with Crippen molar-refractivity contribution >= 4 is 35.1 Å². The Balaban J connectivity index is 1.76. The lowest BCUT2D eigenvalue weighted by molar-refractivity contribution is -0.0137. The van der Waals surface area contributed by atoms with Crippen LogP contribution in [0.25, 0.3) is 12.2 Å². The highest BCUT2D eigenvalue weighted by atomic mass is 35.5. The van der Waals surface area contributed by atoms with Crippen molar-refractivity contribution in [3.05, 3.63) is 58.6 Å². The molecule has 2 aliphatic rings. The highest BCUT2D eigenvalue weighted by Gasteiger charge is 2.25. The van der Waals surface area contributed by atoms with E-state index in [0.717, 1.165) is 37.0 Å². The van der Waals surface area contributed by atoms with Crippen LogP contribution in [0.2, 0.25) is 5.02 Å². The molecule has 2 heterocycles. The minimum absolute atomic E-state index is 0.182. The topological polar surface area (TPSA) is 15.7 Å². The Morgan fingerprint density at radius 3 is 2.71 bits per heavy atom. The molecule has 0 aromatic heterocycles. The third-order valence-electron chi connectivity index (χ3n) is 4.68. The Labute approximate surface area is 148 Å². The van der Waals surface area contributed by atoms with Crippen LogP contribution in [-0.2, 0) is 4.74 Å². The average molecular weight is 341 g/mol. The third-order valence-corrected chi connectivity index (χ3v) is 4.92. The van der Waals surface area contributed by atoms with Crippen LogP contribution in [0.4, 0.5) is 11.4 Å². The Kier molecular flexibility index (Phi) is 4.31. The highest BCUT2D eigenvalue weighted by Crippen LogP contribution is 2.38. The van der Waals surface area contributed by atoms with Gasteiger partial charge in [-0.15, -0.1) is 0 Å². The molecule has 1 atom stereocenters. The summed E-state index contributed by atoms with van der Waals surface area (Å²) < 4.78 is 6.02. The normalized spacial score (nSPS) is 20.4. The molecule has 1 saturated heterocycles. The summed E-state index contributed by atoms with van der Waals surface area (Å²) in [6.45, 7) is 3.55. The smallest absolute Gasteiger partial charge is 0.0881 e. The number of rotatable bonds is 2. The first-order valence-corrected chi connectivity index (χ1v) is 8.73. The number of ether oxygens (including phenoxy) is 1. The summed E-state index contributed by atoms with van der Waals surface area (Å²) in [5, 5.41) is 0.758. The molecule has 2 aromatic carbocycles. The van der Waals surface area contributed by atoms with Gasteiger partial charge in [0.05, 0.1) is 19.3 Å². The molecule has 0 N–H and O–H groups in total. The molecule has 0 aliphatic carbocycles. The molecule has 1 unspecified atom stereocenters. The first-order valence-electron chi connectivity index (χ1n) is 8.35. The SMILES string of the molecule is CN1CCOC(CN2c3ccccc3C=Cc3ccc(Cl)cc32)C1. The Morgan fingerprint density at radius 1 is 1.08 bits per heavy atom. The highest BCUT2D eigenvalue weighted by molar-refractivity contribution is 6.31. The van der Waals surface area contributed by atoms with Crippen molar-refractivity contribution in [3.8, 4) is 0 Å². The summed E-state index contributed by atoms with van der Waals surface area (Å²) >= 11 is 6.30. The van der Waals surface area contributed by atoms with Crippen LogP contribution in [0.1, 0.15) is 11.1 Å². The lowest BCUT2D eigenvalue weighted by atomic mass is 10.1. The predicted octanol–water partition coefficient (Wildman–Crippen LogP) is 4.29. The number of nitrogens with zero attached hydrogens (tertiary/aromatic N) is 2. The van der Waals surface area contributed by atoms with Crippen LogP contribution in [0, 0.1) is 0 Å². The van der Waals surface area contributed by atoms with Gasteiger partial charge in [-0.1, -0.05) is 48.0 Å². The van der Waals surface area contributed by atoms with Crippen molar-refractivity contribution in [1.29, 1.82) is 0 Å². The fraction of sp³-hybridized carbons (Fsp3) is 0.300. The molecule has 3 nitrogen and oxygen atoms in total. The molecule has 0 amide bonds. The van der Waals surface area contributed by atoms with Crippen LogP contribution < -0.4 is 4.90 Å². The van der Waals surface area contributed by atoms with E-state index in [2.05, 4.69) is 65.4 Å². The van der Waals surface area contributed by atoms with Crippen LogP contribution in [-0.4, -0.2) is 44.3 Å². The summed E-state index contributed by atoms with van der Waals surface area (Å²) in [6, 6.07) is 14.6. The van der Waals surface area contributed by atoms with Gasteiger partial charge in [0.15, 0.2) is 0 Å². The zero-order valence-electron chi connectivity index (χ0n) is 13.8. The van der Waals surface area contributed by atoms with E-state index in [9.17, 15) is 0 Å². The van der Waals surface area contributed by atoms with Crippen molar-refractivity contribution < 1.29 is 4.74 Å².